The van der Waals surface area contributed by atoms with Gasteiger partial charge in [0, 0.05) is 23.7 Å². The summed E-state index contributed by atoms with van der Waals surface area (Å²) in [6.45, 7) is 4.72. The first-order valence-electron chi connectivity index (χ1n) is 8.05. The number of nitrogens with one attached hydrogen (secondary N) is 1. The number of benzene rings is 1. The van der Waals surface area contributed by atoms with E-state index in [2.05, 4.69) is 5.32 Å². The molecule has 0 spiro atoms. The van der Waals surface area contributed by atoms with E-state index in [0.29, 0.717) is 4.88 Å². The van der Waals surface area contributed by atoms with E-state index in [-0.39, 0.29) is 37.9 Å². The van der Waals surface area contributed by atoms with Crippen LogP contribution >= 0.6 is 11.3 Å². The number of aryl methyl sites for hydroxylation is 2. The number of ether oxygens (including phenoxy) is 1. The van der Waals surface area contributed by atoms with Gasteiger partial charge in [-0.3, -0.25) is 4.79 Å². The molecule has 1 amide bonds. The van der Waals surface area contributed by atoms with Crippen LogP contribution in [0.4, 0.5) is 10.1 Å². The number of anilines is 1. The Morgan fingerprint density at radius 2 is 1.92 bits per heavy atom. The Kier molecular flexibility index (Phi) is 5.42. The molecule has 1 saturated heterocycles. The topological polar surface area (TPSA) is 75.7 Å². The summed E-state index contributed by atoms with van der Waals surface area (Å²) in [5.74, 6) is -1.20. The summed E-state index contributed by atoms with van der Waals surface area (Å²) >= 11 is 1.35. The smallest absolute Gasteiger partial charge is 0.265 e. The maximum absolute atomic E-state index is 14.2. The van der Waals surface area contributed by atoms with Crippen LogP contribution in [0.15, 0.2) is 29.2 Å². The van der Waals surface area contributed by atoms with E-state index < -0.39 is 20.7 Å². The van der Waals surface area contributed by atoms with Crippen molar-refractivity contribution < 1.29 is 22.3 Å². The number of amides is 1. The zero-order valence-corrected chi connectivity index (χ0v) is 16.0. The number of thiophene rings is 1. The SMILES string of the molecule is Cc1cc(C(=O)Nc2ccc(F)c(S(=O)(=O)N3CCOCC3)c2)sc1C. The van der Waals surface area contributed by atoms with Crippen LogP contribution in [-0.4, -0.2) is 44.9 Å². The largest absolute Gasteiger partial charge is 0.379 e. The summed E-state index contributed by atoms with van der Waals surface area (Å²) in [7, 11) is -3.99. The molecule has 0 aliphatic carbocycles. The highest BCUT2D eigenvalue weighted by Crippen LogP contribution is 2.26. The average molecular weight is 398 g/mol. The third-order valence-electron chi connectivity index (χ3n) is 4.17. The standard InChI is InChI=1S/C17H19FN2O4S2/c1-11-9-15(25-12(11)2)17(21)19-13-3-4-14(18)16(10-13)26(22,23)20-5-7-24-8-6-20/h3-4,9-10H,5-8H2,1-2H3,(H,19,21). The van der Waals surface area contributed by atoms with Crippen molar-refractivity contribution in [3.05, 3.63) is 45.4 Å². The van der Waals surface area contributed by atoms with Crippen LogP contribution in [0.5, 0.6) is 0 Å². The zero-order valence-electron chi connectivity index (χ0n) is 14.4. The van der Waals surface area contributed by atoms with Crippen LogP contribution in [0, 0.1) is 19.7 Å². The maximum atomic E-state index is 14.2. The molecule has 2 heterocycles. The Balaban J connectivity index is 1.86. The lowest BCUT2D eigenvalue weighted by molar-refractivity contribution is 0.0729. The second-order valence-corrected chi connectivity index (χ2v) is 9.13. The molecule has 1 fully saturated rings. The summed E-state index contributed by atoms with van der Waals surface area (Å²) < 4.78 is 45.9. The van der Waals surface area contributed by atoms with Crippen molar-refractivity contribution >= 4 is 33.0 Å². The van der Waals surface area contributed by atoms with Crippen molar-refractivity contribution in [3.8, 4) is 0 Å². The highest BCUT2D eigenvalue weighted by Gasteiger charge is 2.29. The lowest BCUT2D eigenvalue weighted by Crippen LogP contribution is -2.40. The minimum Gasteiger partial charge on any atom is -0.379 e. The van der Waals surface area contributed by atoms with Gasteiger partial charge >= 0.3 is 0 Å². The van der Waals surface area contributed by atoms with Crippen LogP contribution in [0.3, 0.4) is 0 Å². The van der Waals surface area contributed by atoms with Gasteiger partial charge in [0.05, 0.1) is 18.1 Å². The highest BCUT2D eigenvalue weighted by atomic mass is 32.2. The van der Waals surface area contributed by atoms with E-state index in [9.17, 15) is 17.6 Å². The molecule has 6 nitrogen and oxygen atoms in total. The van der Waals surface area contributed by atoms with Gasteiger partial charge in [0.15, 0.2) is 0 Å². The van der Waals surface area contributed by atoms with Gasteiger partial charge < -0.3 is 10.1 Å². The lowest BCUT2D eigenvalue weighted by Gasteiger charge is -2.26. The Hall–Kier alpha value is -1.81. The molecule has 0 radical (unpaired) electrons. The summed E-state index contributed by atoms with van der Waals surface area (Å²) in [4.78, 5) is 13.5. The molecule has 1 N–H and O–H groups in total. The molecule has 1 aromatic carbocycles. The zero-order chi connectivity index (χ0) is 18.9. The second-order valence-electron chi connectivity index (χ2n) is 5.97. The fraction of sp³-hybridized carbons (Fsp3) is 0.353. The lowest BCUT2D eigenvalue weighted by atomic mass is 10.2. The van der Waals surface area contributed by atoms with E-state index in [1.54, 1.807) is 6.07 Å². The number of sulfonamides is 1. The molecule has 9 heteroatoms. The van der Waals surface area contributed by atoms with E-state index in [0.717, 1.165) is 22.6 Å². The predicted molar refractivity (Wildman–Crippen MR) is 97.7 cm³/mol. The molecular formula is C17H19FN2O4S2. The van der Waals surface area contributed by atoms with Gasteiger partial charge in [0.1, 0.15) is 10.7 Å². The Morgan fingerprint density at radius 3 is 2.54 bits per heavy atom. The molecule has 1 aliphatic heterocycles. The van der Waals surface area contributed by atoms with Gasteiger partial charge in [0.25, 0.3) is 5.91 Å². The summed E-state index contributed by atoms with van der Waals surface area (Å²) in [6.07, 6.45) is 0. The number of halogens is 1. The molecule has 140 valence electrons. The van der Waals surface area contributed by atoms with Crippen molar-refractivity contribution in [3.63, 3.8) is 0 Å². The van der Waals surface area contributed by atoms with Gasteiger partial charge in [-0.2, -0.15) is 4.31 Å². The van der Waals surface area contributed by atoms with Crippen molar-refractivity contribution in [1.29, 1.82) is 0 Å². The third kappa shape index (κ3) is 3.80. The molecule has 0 saturated carbocycles. The first kappa shape index (κ1) is 19.0. The van der Waals surface area contributed by atoms with Crippen LogP contribution in [-0.2, 0) is 14.8 Å². The van der Waals surface area contributed by atoms with Crippen LogP contribution in [0.2, 0.25) is 0 Å². The van der Waals surface area contributed by atoms with E-state index in [4.69, 9.17) is 4.74 Å². The molecular weight excluding hydrogens is 379 g/mol. The van der Waals surface area contributed by atoms with Gasteiger partial charge in [-0.15, -0.1) is 11.3 Å². The summed E-state index contributed by atoms with van der Waals surface area (Å²) in [6, 6.07) is 5.32. The molecule has 3 rings (SSSR count). The quantitative estimate of drug-likeness (QED) is 0.859. The van der Waals surface area contributed by atoms with Gasteiger partial charge in [-0.1, -0.05) is 0 Å². The van der Waals surface area contributed by atoms with Gasteiger partial charge in [-0.25, -0.2) is 12.8 Å². The number of rotatable bonds is 4. The van der Waals surface area contributed by atoms with E-state index in [1.807, 2.05) is 13.8 Å². The first-order chi connectivity index (χ1) is 12.3. The molecule has 1 aliphatic rings. The summed E-state index contributed by atoms with van der Waals surface area (Å²) in [5, 5.41) is 2.64. The maximum Gasteiger partial charge on any atom is 0.265 e. The van der Waals surface area contributed by atoms with E-state index in [1.165, 1.54) is 21.7 Å². The van der Waals surface area contributed by atoms with Crippen molar-refractivity contribution in [2.24, 2.45) is 0 Å². The second kappa shape index (κ2) is 7.43. The van der Waals surface area contributed by atoms with Gasteiger partial charge in [0.2, 0.25) is 10.0 Å². The Bertz CT molecular complexity index is 915. The predicted octanol–water partition coefficient (Wildman–Crippen LogP) is 2.78. The molecule has 2 aromatic rings. The van der Waals surface area contributed by atoms with Crippen LogP contribution < -0.4 is 5.32 Å². The van der Waals surface area contributed by atoms with Crippen molar-refractivity contribution in [1.82, 2.24) is 4.31 Å². The fourth-order valence-corrected chi connectivity index (χ4v) is 5.01. The number of morpholine rings is 1. The molecule has 0 bridgehead atoms. The third-order valence-corrected chi connectivity index (χ3v) is 7.23. The molecule has 0 atom stereocenters. The normalized spacial score (nSPS) is 15.8. The average Bonchev–Trinajstić information content (AvgIpc) is 2.96. The molecule has 26 heavy (non-hydrogen) atoms. The fourth-order valence-electron chi connectivity index (χ4n) is 2.58. The Morgan fingerprint density at radius 1 is 1.23 bits per heavy atom. The molecule has 0 unspecified atom stereocenters. The van der Waals surface area contributed by atoms with Crippen LogP contribution in [0.25, 0.3) is 0 Å². The molecule has 1 aromatic heterocycles. The monoisotopic (exact) mass is 398 g/mol. The minimum atomic E-state index is -3.99. The first-order valence-corrected chi connectivity index (χ1v) is 10.3. The van der Waals surface area contributed by atoms with Gasteiger partial charge in [-0.05, 0) is 43.7 Å². The minimum absolute atomic E-state index is 0.173. The summed E-state index contributed by atoms with van der Waals surface area (Å²) in [5.41, 5.74) is 1.24. The van der Waals surface area contributed by atoms with E-state index >= 15 is 0 Å². The van der Waals surface area contributed by atoms with Crippen LogP contribution in [0.1, 0.15) is 20.1 Å². The number of nitrogens with zero attached hydrogens (tertiary/aromatic N) is 1. The number of carbonyl (C=O) groups is 1. The number of hydrogen-bond donors (Lipinski definition) is 1. The Labute approximate surface area is 155 Å². The van der Waals surface area contributed by atoms with Crippen molar-refractivity contribution in [2.75, 3.05) is 31.6 Å². The van der Waals surface area contributed by atoms with Crippen molar-refractivity contribution in [2.45, 2.75) is 18.7 Å². The number of carbonyl (C=O) groups excluding carboxylic acids is 1. The number of hydrogen-bond acceptors (Lipinski definition) is 5. The highest BCUT2D eigenvalue weighted by molar-refractivity contribution is 7.89.